The van der Waals surface area contributed by atoms with Crippen molar-refractivity contribution >= 4 is 17.8 Å². The Bertz CT molecular complexity index is 963. The van der Waals surface area contributed by atoms with E-state index in [2.05, 4.69) is 5.32 Å². The molecule has 2 heterocycles. The van der Waals surface area contributed by atoms with E-state index in [-0.39, 0.29) is 23.9 Å². The maximum absolute atomic E-state index is 12.8. The molecule has 2 aromatic carbocycles. The zero-order chi connectivity index (χ0) is 22.5. The van der Waals surface area contributed by atoms with Gasteiger partial charge in [-0.3, -0.25) is 14.5 Å². The smallest absolute Gasteiger partial charge is 0.327 e. The van der Waals surface area contributed by atoms with E-state index in [1.807, 2.05) is 48.5 Å². The lowest BCUT2D eigenvalue weighted by atomic mass is 9.95. The summed E-state index contributed by atoms with van der Waals surface area (Å²) < 4.78 is 5.30. The summed E-state index contributed by atoms with van der Waals surface area (Å²) in [4.78, 5) is 40.8. The fourth-order valence-electron chi connectivity index (χ4n) is 4.44. The molecule has 0 aliphatic carbocycles. The first-order valence-corrected chi connectivity index (χ1v) is 11.2. The van der Waals surface area contributed by atoms with Crippen molar-refractivity contribution in [3.05, 3.63) is 65.2 Å². The first kappa shape index (κ1) is 21.9. The van der Waals surface area contributed by atoms with Gasteiger partial charge in [0, 0.05) is 38.0 Å². The van der Waals surface area contributed by atoms with Crippen molar-refractivity contribution in [2.24, 2.45) is 0 Å². The van der Waals surface area contributed by atoms with Crippen LogP contribution in [0.4, 0.5) is 4.79 Å². The number of urea groups is 1. The molecule has 7 nitrogen and oxygen atoms in total. The van der Waals surface area contributed by atoms with E-state index < -0.39 is 0 Å². The average molecular weight is 436 g/mol. The standard InChI is InChI=1S/C25H29N3O4/c1-32-22-12-7-6-10-19(22)16-26-23(29)13-3-2-8-14-27-24(30)21-15-18-9-4-5-11-20(18)17-28(21)25(27)31/h4-7,9-12,21H,2-3,8,13-17H2,1H3,(H,26,29)/t21-/m0/s1. The Balaban J connectivity index is 1.18. The number of fused-ring (bicyclic) bond motifs is 2. The van der Waals surface area contributed by atoms with Crippen LogP contribution < -0.4 is 10.1 Å². The molecule has 0 bridgehead atoms. The first-order chi connectivity index (χ1) is 15.6. The van der Waals surface area contributed by atoms with Gasteiger partial charge in [-0.15, -0.1) is 0 Å². The number of ether oxygens (including phenoxy) is 1. The molecule has 0 saturated carbocycles. The van der Waals surface area contributed by atoms with Crippen molar-refractivity contribution < 1.29 is 19.1 Å². The van der Waals surface area contributed by atoms with Crippen LogP contribution in [0.2, 0.25) is 0 Å². The van der Waals surface area contributed by atoms with E-state index in [9.17, 15) is 14.4 Å². The van der Waals surface area contributed by atoms with Crippen molar-refractivity contribution in [3.63, 3.8) is 0 Å². The van der Waals surface area contributed by atoms with E-state index in [1.54, 1.807) is 12.0 Å². The van der Waals surface area contributed by atoms with Crippen molar-refractivity contribution in [2.45, 2.75) is 51.2 Å². The van der Waals surface area contributed by atoms with Crippen LogP contribution in [0.3, 0.4) is 0 Å². The van der Waals surface area contributed by atoms with Gasteiger partial charge in [0.25, 0.3) is 5.91 Å². The van der Waals surface area contributed by atoms with Gasteiger partial charge >= 0.3 is 6.03 Å². The number of hydrogen-bond acceptors (Lipinski definition) is 4. The summed E-state index contributed by atoms with van der Waals surface area (Å²) in [6.07, 6.45) is 3.20. The topological polar surface area (TPSA) is 79.0 Å². The van der Waals surface area contributed by atoms with Gasteiger partial charge in [0.15, 0.2) is 0 Å². The van der Waals surface area contributed by atoms with Crippen molar-refractivity contribution in [1.29, 1.82) is 0 Å². The van der Waals surface area contributed by atoms with Crippen LogP contribution in [0, 0.1) is 0 Å². The number of rotatable bonds is 9. The van der Waals surface area contributed by atoms with Crippen molar-refractivity contribution in [1.82, 2.24) is 15.1 Å². The first-order valence-electron chi connectivity index (χ1n) is 11.2. The second kappa shape index (κ2) is 9.85. The van der Waals surface area contributed by atoms with Crippen LogP contribution in [0.5, 0.6) is 5.75 Å². The van der Waals surface area contributed by atoms with Crippen LogP contribution in [-0.2, 0) is 29.1 Å². The summed E-state index contributed by atoms with van der Waals surface area (Å²) >= 11 is 0. The second-order valence-electron chi connectivity index (χ2n) is 8.29. The summed E-state index contributed by atoms with van der Waals surface area (Å²) in [5.74, 6) is 0.644. The minimum Gasteiger partial charge on any atom is -0.496 e. The minimum atomic E-state index is -0.377. The summed E-state index contributed by atoms with van der Waals surface area (Å²) in [5.41, 5.74) is 3.20. The van der Waals surface area contributed by atoms with Crippen LogP contribution >= 0.6 is 0 Å². The molecule has 7 heteroatoms. The van der Waals surface area contributed by atoms with Gasteiger partial charge in [-0.25, -0.2) is 4.79 Å². The number of carbonyl (C=O) groups excluding carboxylic acids is 3. The van der Waals surface area contributed by atoms with Crippen molar-refractivity contribution in [2.75, 3.05) is 13.7 Å². The average Bonchev–Trinajstić information content (AvgIpc) is 3.05. The van der Waals surface area contributed by atoms with Gasteiger partial charge in [-0.05, 0) is 30.0 Å². The second-order valence-corrected chi connectivity index (χ2v) is 8.29. The van der Waals surface area contributed by atoms with Gasteiger partial charge < -0.3 is 15.0 Å². The molecule has 1 atom stereocenters. The van der Waals surface area contributed by atoms with Crippen LogP contribution in [0.15, 0.2) is 48.5 Å². The molecule has 0 radical (unpaired) electrons. The highest BCUT2D eigenvalue weighted by Gasteiger charge is 2.46. The Labute approximate surface area is 188 Å². The number of hydrogen-bond donors (Lipinski definition) is 1. The summed E-state index contributed by atoms with van der Waals surface area (Å²) in [7, 11) is 1.61. The van der Waals surface area contributed by atoms with Crippen LogP contribution in [0.25, 0.3) is 0 Å². The molecule has 2 aliphatic heterocycles. The fourth-order valence-corrected chi connectivity index (χ4v) is 4.44. The maximum atomic E-state index is 12.8. The number of para-hydroxylation sites is 1. The van der Waals surface area contributed by atoms with E-state index in [4.69, 9.17) is 4.74 Å². The number of nitrogens with zero attached hydrogens (tertiary/aromatic N) is 2. The van der Waals surface area contributed by atoms with Crippen molar-refractivity contribution in [3.8, 4) is 5.75 Å². The molecular formula is C25H29N3O4. The highest BCUT2D eigenvalue weighted by Crippen LogP contribution is 2.30. The van der Waals surface area contributed by atoms with E-state index in [0.717, 1.165) is 28.9 Å². The Kier molecular flexibility index (Phi) is 6.73. The molecule has 168 valence electrons. The number of benzene rings is 2. The van der Waals surface area contributed by atoms with Gasteiger partial charge in [0.05, 0.1) is 7.11 Å². The molecule has 1 saturated heterocycles. The van der Waals surface area contributed by atoms with E-state index in [1.165, 1.54) is 4.90 Å². The Hall–Kier alpha value is -3.35. The molecule has 0 aromatic heterocycles. The number of imide groups is 1. The summed E-state index contributed by atoms with van der Waals surface area (Å²) in [6.45, 7) is 1.33. The molecule has 1 fully saturated rings. The number of unbranched alkanes of at least 4 members (excludes halogenated alkanes) is 2. The Morgan fingerprint density at radius 3 is 2.59 bits per heavy atom. The number of methoxy groups -OCH3 is 1. The monoisotopic (exact) mass is 435 g/mol. The van der Waals surface area contributed by atoms with Gasteiger partial charge in [0.2, 0.25) is 5.91 Å². The molecule has 4 amide bonds. The normalized spacial score (nSPS) is 17.2. The fraction of sp³-hybridized carbons (Fsp3) is 0.400. The third-order valence-corrected chi connectivity index (χ3v) is 6.23. The van der Waals surface area contributed by atoms with Crippen LogP contribution in [0.1, 0.15) is 42.4 Å². The lowest BCUT2D eigenvalue weighted by Crippen LogP contribution is -2.39. The molecular weight excluding hydrogens is 406 g/mol. The summed E-state index contributed by atoms with van der Waals surface area (Å²) in [5, 5.41) is 2.92. The van der Waals surface area contributed by atoms with Gasteiger partial charge in [-0.2, -0.15) is 0 Å². The highest BCUT2D eigenvalue weighted by atomic mass is 16.5. The third kappa shape index (κ3) is 4.61. The molecule has 2 aromatic rings. The lowest BCUT2D eigenvalue weighted by Gasteiger charge is -2.28. The zero-order valence-electron chi connectivity index (χ0n) is 18.4. The maximum Gasteiger partial charge on any atom is 0.327 e. The molecule has 4 rings (SSSR count). The minimum absolute atomic E-state index is 0.0147. The predicted molar refractivity (Wildman–Crippen MR) is 120 cm³/mol. The quantitative estimate of drug-likeness (QED) is 0.484. The van der Waals surface area contributed by atoms with Gasteiger partial charge in [0.1, 0.15) is 11.8 Å². The molecule has 32 heavy (non-hydrogen) atoms. The summed E-state index contributed by atoms with van der Waals surface area (Å²) in [6, 6.07) is 15.0. The molecule has 0 unspecified atom stereocenters. The highest BCUT2D eigenvalue weighted by molar-refractivity contribution is 6.04. The zero-order valence-corrected chi connectivity index (χ0v) is 18.4. The largest absolute Gasteiger partial charge is 0.496 e. The number of carbonyl (C=O) groups is 3. The third-order valence-electron chi connectivity index (χ3n) is 6.23. The van der Waals surface area contributed by atoms with Crippen LogP contribution in [-0.4, -0.2) is 47.3 Å². The van der Waals surface area contributed by atoms with Gasteiger partial charge in [-0.1, -0.05) is 48.9 Å². The Morgan fingerprint density at radius 2 is 1.78 bits per heavy atom. The lowest BCUT2D eigenvalue weighted by molar-refractivity contribution is -0.128. The number of amides is 4. The van der Waals surface area contributed by atoms with E-state index >= 15 is 0 Å². The Morgan fingerprint density at radius 1 is 1.03 bits per heavy atom. The molecule has 2 aliphatic rings. The molecule has 0 spiro atoms. The molecule has 1 N–H and O–H groups in total. The number of nitrogens with one attached hydrogen (secondary N) is 1. The van der Waals surface area contributed by atoms with E-state index in [0.29, 0.717) is 45.3 Å². The SMILES string of the molecule is COc1ccccc1CNC(=O)CCCCCN1C(=O)[C@@H]2Cc3ccccc3CN2C1=O. The predicted octanol–water partition coefficient (Wildman–Crippen LogP) is 3.26.